The summed E-state index contributed by atoms with van der Waals surface area (Å²) in [5.74, 6) is -0.655. The number of hydrogen-bond acceptors (Lipinski definition) is 8. The van der Waals surface area contributed by atoms with E-state index in [4.69, 9.17) is 34.9 Å². The lowest BCUT2D eigenvalue weighted by molar-refractivity contribution is -0.527. The highest BCUT2D eigenvalue weighted by molar-refractivity contribution is 5.66. The second-order valence-electron chi connectivity index (χ2n) is 7.28. The molecule has 0 rings (SSSR count). The number of rotatable bonds is 23. The van der Waals surface area contributed by atoms with Crippen molar-refractivity contribution in [3.8, 4) is 0 Å². The molecule has 0 aromatic heterocycles. The standard InChI is InChI=1S/C16H32O2.C6H15NO6/c1-2-3-4-5-6-7-8-9-10-11-12-13-14-15-16(17)18;8-1-4-11-7(12-5-2-9)13-6-3-10/h2-15H2,1H3,(H,17,18);8-10H,1-6H2. The zero-order valence-electron chi connectivity index (χ0n) is 19.5. The van der Waals surface area contributed by atoms with Crippen LogP contribution in [0, 0.1) is 0 Å². The second-order valence-corrected chi connectivity index (χ2v) is 7.28. The highest BCUT2D eigenvalue weighted by atomic mass is 17.2. The molecule has 0 spiro atoms. The third-order valence-electron chi connectivity index (χ3n) is 4.36. The van der Waals surface area contributed by atoms with Gasteiger partial charge in [-0.05, 0) is 6.42 Å². The van der Waals surface area contributed by atoms with Gasteiger partial charge in [-0.1, -0.05) is 84.0 Å². The number of aliphatic hydroxyl groups excluding tert-OH is 3. The van der Waals surface area contributed by atoms with Crippen LogP contribution in [0.5, 0.6) is 0 Å². The summed E-state index contributed by atoms with van der Waals surface area (Å²) >= 11 is 0. The molecule has 0 saturated carbocycles. The molecule has 31 heavy (non-hydrogen) atoms. The maximum Gasteiger partial charge on any atom is 0.303 e. The van der Waals surface area contributed by atoms with Crippen LogP contribution in [-0.2, 0) is 19.3 Å². The zero-order chi connectivity index (χ0) is 23.4. The Bertz CT molecular complexity index is 328. The van der Waals surface area contributed by atoms with Crippen molar-refractivity contribution in [3.05, 3.63) is 0 Å². The van der Waals surface area contributed by atoms with Crippen LogP contribution in [0.4, 0.5) is 0 Å². The van der Waals surface area contributed by atoms with E-state index < -0.39 is 5.97 Å². The van der Waals surface area contributed by atoms with Gasteiger partial charge in [0, 0.05) is 6.42 Å². The number of aliphatic carboxylic acids is 1. The smallest absolute Gasteiger partial charge is 0.303 e. The quantitative estimate of drug-likeness (QED) is 0.135. The fraction of sp³-hybridized carbons (Fsp3) is 0.955. The molecule has 188 valence electrons. The van der Waals surface area contributed by atoms with Crippen LogP contribution in [0.3, 0.4) is 0 Å². The molecule has 4 N–H and O–H groups in total. The van der Waals surface area contributed by atoms with Crippen molar-refractivity contribution in [2.24, 2.45) is 0 Å². The molecule has 0 radical (unpaired) electrons. The molecule has 0 saturated heterocycles. The first kappa shape index (κ1) is 32.4. The number of carboxylic acids is 1. The monoisotopic (exact) mass is 453 g/mol. The Balaban J connectivity index is 0. The van der Waals surface area contributed by atoms with E-state index in [1.165, 1.54) is 70.6 Å². The number of aliphatic hydroxyl groups is 3. The third-order valence-corrected chi connectivity index (χ3v) is 4.36. The predicted molar refractivity (Wildman–Crippen MR) is 119 cm³/mol. The first-order valence-electron chi connectivity index (χ1n) is 11.9. The summed E-state index contributed by atoms with van der Waals surface area (Å²) in [5, 5.41) is 34.4. The average Bonchev–Trinajstić information content (AvgIpc) is 2.76. The molecule has 0 aromatic rings. The van der Waals surface area contributed by atoms with Crippen LogP contribution < -0.4 is 0 Å². The topological polar surface area (TPSA) is 129 Å². The minimum Gasteiger partial charge on any atom is -0.481 e. The summed E-state index contributed by atoms with van der Waals surface area (Å²) in [7, 11) is 0. The van der Waals surface area contributed by atoms with Crippen LogP contribution in [0.15, 0.2) is 0 Å². The SMILES string of the molecule is CCCCCCCCCCCCCCCC(=O)O.OCCON(OCCO)OCCO. The lowest BCUT2D eigenvalue weighted by atomic mass is 10.0. The van der Waals surface area contributed by atoms with Crippen LogP contribution >= 0.6 is 0 Å². The Kier molecular flexibility index (Phi) is 30.5. The highest BCUT2D eigenvalue weighted by Gasteiger charge is 2.05. The molecule has 9 heteroatoms. The van der Waals surface area contributed by atoms with Gasteiger partial charge < -0.3 is 20.4 Å². The van der Waals surface area contributed by atoms with Crippen molar-refractivity contribution in [1.82, 2.24) is 5.39 Å². The van der Waals surface area contributed by atoms with Crippen molar-refractivity contribution in [2.75, 3.05) is 39.6 Å². The van der Waals surface area contributed by atoms with E-state index in [2.05, 4.69) is 6.92 Å². The van der Waals surface area contributed by atoms with E-state index in [0.29, 0.717) is 11.8 Å². The third kappa shape index (κ3) is 31.5. The molecular formula is C22H47NO8. The molecule has 9 nitrogen and oxygen atoms in total. The molecule has 0 heterocycles. The van der Waals surface area contributed by atoms with E-state index in [-0.39, 0.29) is 39.6 Å². The van der Waals surface area contributed by atoms with Gasteiger partial charge in [0.25, 0.3) is 0 Å². The molecule has 0 aromatic carbocycles. The number of carboxylic acid groups (broad SMARTS) is 1. The van der Waals surface area contributed by atoms with Gasteiger partial charge in [-0.3, -0.25) is 4.79 Å². The number of hydrogen-bond donors (Lipinski definition) is 4. The zero-order valence-corrected chi connectivity index (χ0v) is 19.5. The van der Waals surface area contributed by atoms with Crippen LogP contribution in [0.2, 0.25) is 0 Å². The Labute approximate surface area is 188 Å². The first-order chi connectivity index (χ1) is 15.1. The summed E-state index contributed by atoms with van der Waals surface area (Å²) in [5.41, 5.74) is 0. The summed E-state index contributed by atoms with van der Waals surface area (Å²) < 4.78 is 0. The molecule has 0 unspecified atom stereocenters. The van der Waals surface area contributed by atoms with Crippen molar-refractivity contribution >= 4 is 5.97 Å². The maximum atomic E-state index is 10.3. The largest absolute Gasteiger partial charge is 0.481 e. The molecule has 0 amide bonds. The molecule has 0 aliphatic carbocycles. The number of unbranched alkanes of at least 4 members (excludes halogenated alkanes) is 12. The first-order valence-corrected chi connectivity index (χ1v) is 11.9. The van der Waals surface area contributed by atoms with Gasteiger partial charge in [0.05, 0.1) is 45.0 Å². The van der Waals surface area contributed by atoms with Crippen LogP contribution in [-0.4, -0.2) is 71.4 Å². The molecule has 0 bridgehead atoms. The van der Waals surface area contributed by atoms with Gasteiger partial charge in [-0.2, -0.15) is 0 Å². The minimum absolute atomic E-state index is 0.0108. The van der Waals surface area contributed by atoms with Crippen molar-refractivity contribution in [2.45, 2.75) is 96.8 Å². The molecule has 0 aliphatic rings. The van der Waals surface area contributed by atoms with E-state index in [1.807, 2.05) is 0 Å². The number of nitrogens with zero attached hydrogens (tertiary/aromatic N) is 1. The Morgan fingerprint density at radius 1 is 0.613 bits per heavy atom. The molecule has 0 fully saturated rings. The van der Waals surface area contributed by atoms with Gasteiger partial charge in [-0.15, -0.1) is 0 Å². The Morgan fingerprint density at radius 3 is 1.23 bits per heavy atom. The van der Waals surface area contributed by atoms with Crippen LogP contribution in [0.1, 0.15) is 96.8 Å². The summed E-state index contributed by atoms with van der Waals surface area (Å²) in [4.78, 5) is 24.4. The summed E-state index contributed by atoms with van der Waals surface area (Å²) in [6, 6.07) is 0. The molecule has 0 aliphatic heterocycles. The lowest BCUT2D eigenvalue weighted by Crippen LogP contribution is -2.28. The minimum atomic E-state index is -0.655. The van der Waals surface area contributed by atoms with E-state index >= 15 is 0 Å². The van der Waals surface area contributed by atoms with Crippen molar-refractivity contribution in [1.29, 1.82) is 0 Å². The van der Waals surface area contributed by atoms with E-state index in [9.17, 15) is 4.79 Å². The normalized spacial score (nSPS) is 10.9. The lowest BCUT2D eigenvalue weighted by Gasteiger charge is -2.17. The number of carbonyl (C=O) groups is 1. The Hall–Kier alpha value is -0.810. The maximum absolute atomic E-state index is 10.3. The summed E-state index contributed by atoms with van der Waals surface area (Å²) in [6.07, 6.45) is 17.3. The average molecular weight is 454 g/mol. The highest BCUT2D eigenvalue weighted by Crippen LogP contribution is 2.12. The van der Waals surface area contributed by atoms with Crippen molar-refractivity contribution < 1.29 is 39.7 Å². The second kappa shape index (κ2) is 29.2. The summed E-state index contributed by atoms with van der Waals surface area (Å²) in [6.45, 7) is 1.76. The molecular weight excluding hydrogens is 406 g/mol. The van der Waals surface area contributed by atoms with Crippen LogP contribution in [0.25, 0.3) is 0 Å². The van der Waals surface area contributed by atoms with Gasteiger partial charge >= 0.3 is 5.97 Å². The van der Waals surface area contributed by atoms with Gasteiger partial charge in [0.1, 0.15) is 0 Å². The van der Waals surface area contributed by atoms with Gasteiger partial charge in [0.15, 0.2) is 0 Å². The van der Waals surface area contributed by atoms with Gasteiger partial charge in [0.2, 0.25) is 0 Å². The Morgan fingerprint density at radius 2 is 0.935 bits per heavy atom. The van der Waals surface area contributed by atoms with Gasteiger partial charge in [-0.25, -0.2) is 14.5 Å². The van der Waals surface area contributed by atoms with E-state index in [0.717, 1.165) is 12.8 Å². The fourth-order valence-corrected chi connectivity index (χ4v) is 2.75. The predicted octanol–water partition coefficient (Wildman–Crippen LogP) is 3.61. The van der Waals surface area contributed by atoms with Crippen molar-refractivity contribution in [3.63, 3.8) is 0 Å². The van der Waals surface area contributed by atoms with E-state index in [1.54, 1.807) is 0 Å². The molecule has 0 atom stereocenters. The fourth-order valence-electron chi connectivity index (χ4n) is 2.75.